The van der Waals surface area contributed by atoms with Gasteiger partial charge in [-0.15, -0.1) is 0 Å². The van der Waals surface area contributed by atoms with Crippen molar-refractivity contribution < 1.29 is 0 Å². The fourth-order valence-corrected chi connectivity index (χ4v) is 4.42. The predicted octanol–water partition coefficient (Wildman–Crippen LogP) is 3.38. The second-order valence-corrected chi connectivity index (χ2v) is 8.98. The van der Waals surface area contributed by atoms with Gasteiger partial charge in [0.25, 0.3) is 5.56 Å². The molecule has 0 saturated carbocycles. The molecule has 2 N–H and O–H groups in total. The molecule has 3 aromatic heterocycles. The van der Waals surface area contributed by atoms with E-state index in [4.69, 9.17) is 0 Å². The summed E-state index contributed by atoms with van der Waals surface area (Å²) in [6.07, 6.45) is 2.80. The van der Waals surface area contributed by atoms with Gasteiger partial charge >= 0.3 is 5.69 Å². The lowest BCUT2D eigenvalue weighted by Crippen LogP contribution is -2.37. The number of fused-ring (bicyclic) bond motifs is 2. The number of rotatable bonds is 6. The summed E-state index contributed by atoms with van der Waals surface area (Å²) >= 11 is 3.46. The van der Waals surface area contributed by atoms with Gasteiger partial charge in [-0.25, -0.2) is 4.79 Å². The largest absolute Gasteiger partial charge is 0.361 e. The average Bonchev–Trinajstić information content (AvgIpc) is 3.40. The molecule has 0 aliphatic carbocycles. The van der Waals surface area contributed by atoms with Gasteiger partial charge in [-0.05, 0) is 35.7 Å². The number of halogens is 1. The Morgan fingerprint density at radius 3 is 2.58 bits per heavy atom. The lowest BCUT2D eigenvalue weighted by Gasteiger charge is -2.11. The molecule has 5 rings (SSSR count). The van der Waals surface area contributed by atoms with Gasteiger partial charge in [-0.2, -0.15) is 4.98 Å². The van der Waals surface area contributed by atoms with E-state index in [-0.39, 0.29) is 5.56 Å². The van der Waals surface area contributed by atoms with Crippen LogP contribution in [0.1, 0.15) is 11.1 Å². The normalized spacial score (nSPS) is 11.5. The molecule has 0 atom stereocenters. The predicted molar refractivity (Wildman–Crippen MR) is 134 cm³/mol. The molecular weight excluding hydrogens is 484 g/mol. The Bertz CT molecular complexity index is 1590. The first-order chi connectivity index (χ1) is 15.9. The number of nitrogens with zero attached hydrogens (tertiary/aromatic N) is 4. The summed E-state index contributed by atoms with van der Waals surface area (Å²) in [7, 11) is 3.13. The fourth-order valence-electron chi connectivity index (χ4n) is 4.16. The van der Waals surface area contributed by atoms with Crippen molar-refractivity contribution >= 4 is 43.9 Å². The van der Waals surface area contributed by atoms with Crippen LogP contribution in [-0.4, -0.2) is 30.2 Å². The molecule has 0 amide bonds. The lowest BCUT2D eigenvalue weighted by molar-refractivity contribution is 0.702. The second kappa shape index (κ2) is 8.40. The molecule has 8 nitrogen and oxygen atoms in total. The highest BCUT2D eigenvalue weighted by atomic mass is 79.9. The highest BCUT2D eigenvalue weighted by Gasteiger charge is 2.19. The Morgan fingerprint density at radius 2 is 1.79 bits per heavy atom. The van der Waals surface area contributed by atoms with Crippen LogP contribution in [0.15, 0.2) is 68.8 Å². The number of hydrogen-bond acceptors (Lipinski definition) is 4. The van der Waals surface area contributed by atoms with Crippen LogP contribution >= 0.6 is 15.9 Å². The van der Waals surface area contributed by atoms with Crippen LogP contribution in [0.25, 0.3) is 22.1 Å². The Morgan fingerprint density at radius 1 is 1.03 bits per heavy atom. The van der Waals surface area contributed by atoms with Gasteiger partial charge in [-0.3, -0.25) is 18.5 Å². The summed E-state index contributed by atoms with van der Waals surface area (Å²) in [5.41, 5.74) is 3.35. The number of imidazole rings is 1. The Hall–Kier alpha value is -3.59. The van der Waals surface area contributed by atoms with Crippen LogP contribution < -0.4 is 16.6 Å². The van der Waals surface area contributed by atoms with Crippen LogP contribution in [0.3, 0.4) is 0 Å². The van der Waals surface area contributed by atoms with Crippen molar-refractivity contribution in [3.05, 3.63) is 91.2 Å². The van der Waals surface area contributed by atoms with Crippen molar-refractivity contribution in [1.82, 2.24) is 23.7 Å². The van der Waals surface area contributed by atoms with Crippen LogP contribution in [0.4, 0.5) is 5.95 Å². The number of aromatic amines is 1. The number of nitrogens with one attached hydrogen (secondary N) is 2. The van der Waals surface area contributed by atoms with Gasteiger partial charge < -0.3 is 10.3 Å². The smallest absolute Gasteiger partial charge is 0.332 e. The minimum Gasteiger partial charge on any atom is -0.361 e. The zero-order valence-electron chi connectivity index (χ0n) is 18.3. The highest BCUT2D eigenvalue weighted by Crippen LogP contribution is 2.21. The molecule has 0 unspecified atom stereocenters. The van der Waals surface area contributed by atoms with E-state index < -0.39 is 5.69 Å². The molecule has 5 aromatic rings. The first-order valence-electron chi connectivity index (χ1n) is 10.6. The maximum Gasteiger partial charge on any atom is 0.332 e. The molecule has 0 aliphatic rings. The topological polar surface area (TPSA) is 89.6 Å². The van der Waals surface area contributed by atoms with Crippen LogP contribution in [0.5, 0.6) is 0 Å². The quantitative estimate of drug-likeness (QED) is 0.369. The highest BCUT2D eigenvalue weighted by molar-refractivity contribution is 9.10. The average molecular weight is 507 g/mol. The first kappa shape index (κ1) is 21.3. The van der Waals surface area contributed by atoms with E-state index in [0.717, 1.165) is 26.5 Å². The van der Waals surface area contributed by atoms with Crippen LogP contribution in [0, 0.1) is 0 Å². The number of hydrogen-bond donors (Lipinski definition) is 2. The molecule has 0 bridgehead atoms. The summed E-state index contributed by atoms with van der Waals surface area (Å²) in [5.74, 6) is 0.561. The second-order valence-electron chi connectivity index (χ2n) is 8.06. The number of benzene rings is 2. The fraction of sp³-hybridized carbons (Fsp3) is 0.208. The summed E-state index contributed by atoms with van der Waals surface area (Å²) in [4.78, 5) is 33.5. The molecule has 0 aliphatic heterocycles. The number of aromatic nitrogens is 5. The third-order valence-electron chi connectivity index (χ3n) is 5.95. The van der Waals surface area contributed by atoms with Gasteiger partial charge in [0.05, 0.1) is 6.54 Å². The number of anilines is 1. The third-order valence-corrected chi connectivity index (χ3v) is 6.48. The van der Waals surface area contributed by atoms with E-state index in [2.05, 4.69) is 43.3 Å². The van der Waals surface area contributed by atoms with E-state index in [1.165, 1.54) is 22.6 Å². The maximum atomic E-state index is 13.0. The van der Waals surface area contributed by atoms with Crippen LogP contribution in [-0.2, 0) is 27.1 Å². The van der Waals surface area contributed by atoms with Gasteiger partial charge in [0.15, 0.2) is 11.2 Å². The zero-order valence-corrected chi connectivity index (χ0v) is 19.9. The zero-order chi connectivity index (χ0) is 23.1. The molecule has 168 valence electrons. The van der Waals surface area contributed by atoms with Crippen molar-refractivity contribution in [3.63, 3.8) is 0 Å². The van der Waals surface area contributed by atoms with Gasteiger partial charge in [0.1, 0.15) is 0 Å². The standard InChI is InChI=1S/C24H23BrN6O2/c1-29-21-20(22(32)30(2)24(29)33)31(14-15-7-9-17(25)10-8-15)23(28-21)26-12-11-16-13-27-19-6-4-3-5-18(16)19/h3-10,13,27H,11-12,14H2,1-2H3,(H,26,28). The molecule has 0 saturated heterocycles. The maximum absolute atomic E-state index is 13.0. The van der Waals surface area contributed by atoms with E-state index in [9.17, 15) is 9.59 Å². The Kier molecular flexibility index (Phi) is 5.41. The number of para-hydroxylation sites is 1. The van der Waals surface area contributed by atoms with Crippen molar-refractivity contribution in [2.45, 2.75) is 13.0 Å². The molecule has 3 heterocycles. The van der Waals surface area contributed by atoms with Gasteiger partial charge in [0.2, 0.25) is 5.95 Å². The third kappa shape index (κ3) is 3.78. The SMILES string of the molecule is Cn1c(=O)c2c(nc(NCCc3c[nH]c4ccccc34)n2Cc2ccc(Br)cc2)n(C)c1=O. The van der Waals surface area contributed by atoms with E-state index in [1.54, 1.807) is 7.05 Å². The van der Waals surface area contributed by atoms with Crippen molar-refractivity contribution in [2.75, 3.05) is 11.9 Å². The Labute approximate surface area is 197 Å². The molecule has 0 radical (unpaired) electrons. The first-order valence-corrected chi connectivity index (χ1v) is 11.4. The lowest BCUT2D eigenvalue weighted by atomic mass is 10.1. The van der Waals surface area contributed by atoms with Crippen molar-refractivity contribution in [1.29, 1.82) is 0 Å². The summed E-state index contributed by atoms with van der Waals surface area (Å²) < 4.78 is 5.38. The van der Waals surface area contributed by atoms with E-state index in [1.807, 2.05) is 47.2 Å². The van der Waals surface area contributed by atoms with Crippen LogP contribution in [0.2, 0.25) is 0 Å². The minimum atomic E-state index is -0.397. The van der Waals surface area contributed by atoms with Gasteiger partial charge in [-0.1, -0.05) is 46.3 Å². The molecule has 0 fully saturated rings. The van der Waals surface area contributed by atoms with Crippen molar-refractivity contribution in [2.24, 2.45) is 14.1 Å². The molecule has 33 heavy (non-hydrogen) atoms. The van der Waals surface area contributed by atoms with Gasteiger partial charge in [0, 0.05) is 42.2 Å². The summed E-state index contributed by atoms with van der Waals surface area (Å²) in [6.45, 7) is 1.08. The molecular formula is C24H23BrN6O2. The number of aryl methyl sites for hydroxylation is 1. The Balaban J connectivity index is 1.53. The number of H-pyrrole nitrogens is 1. The van der Waals surface area contributed by atoms with E-state index >= 15 is 0 Å². The molecule has 2 aromatic carbocycles. The summed E-state index contributed by atoms with van der Waals surface area (Å²) in [6, 6.07) is 16.1. The van der Waals surface area contributed by atoms with E-state index in [0.29, 0.717) is 30.2 Å². The molecule has 9 heteroatoms. The monoisotopic (exact) mass is 506 g/mol. The minimum absolute atomic E-state index is 0.359. The summed E-state index contributed by atoms with van der Waals surface area (Å²) in [5, 5.41) is 4.59. The van der Waals surface area contributed by atoms with Crippen molar-refractivity contribution in [3.8, 4) is 0 Å². The molecule has 0 spiro atoms.